The summed E-state index contributed by atoms with van der Waals surface area (Å²) < 4.78 is 42.1. The second-order valence-electron chi connectivity index (χ2n) is 6.65. The highest BCUT2D eigenvalue weighted by Crippen LogP contribution is 2.34. The van der Waals surface area contributed by atoms with Crippen molar-refractivity contribution in [3.8, 4) is 5.69 Å². The van der Waals surface area contributed by atoms with Crippen LogP contribution in [0.3, 0.4) is 0 Å². The average Bonchev–Trinajstić information content (AvgIpc) is 3.09. The largest absolute Gasteiger partial charge is 0.434 e. The van der Waals surface area contributed by atoms with Gasteiger partial charge in [0.1, 0.15) is 0 Å². The Bertz CT molecular complexity index is 1030. The summed E-state index contributed by atoms with van der Waals surface area (Å²) in [5, 5.41) is 6.63. The lowest BCUT2D eigenvalue weighted by Crippen LogP contribution is -2.21. The molecule has 0 aliphatic heterocycles. The number of rotatable bonds is 5. The number of halogens is 4. The van der Waals surface area contributed by atoms with Crippen molar-refractivity contribution in [3.63, 3.8) is 0 Å². The molecule has 5 nitrogen and oxygen atoms in total. The summed E-state index contributed by atoms with van der Waals surface area (Å²) in [6, 6.07) is 12.8. The molecule has 1 heterocycles. The van der Waals surface area contributed by atoms with Gasteiger partial charge in [0.05, 0.1) is 17.4 Å². The average molecular weight is 423 g/mol. The van der Waals surface area contributed by atoms with Crippen LogP contribution in [0.25, 0.3) is 5.69 Å². The van der Waals surface area contributed by atoms with Crippen LogP contribution in [-0.2, 0) is 12.7 Å². The van der Waals surface area contributed by atoms with Crippen LogP contribution < -0.4 is 5.32 Å². The fourth-order valence-corrected chi connectivity index (χ4v) is 3.09. The van der Waals surface area contributed by atoms with E-state index >= 15 is 0 Å². The molecule has 0 saturated carbocycles. The summed E-state index contributed by atoms with van der Waals surface area (Å²) in [7, 11) is 3.71. The van der Waals surface area contributed by atoms with E-state index in [0.29, 0.717) is 16.9 Å². The monoisotopic (exact) mass is 422 g/mol. The molecule has 9 heteroatoms. The number of hydrogen-bond donors (Lipinski definition) is 1. The van der Waals surface area contributed by atoms with E-state index in [0.717, 1.165) is 11.8 Å². The zero-order valence-electron chi connectivity index (χ0n) is 15.7. The van der Waals surface area contributed by atoms with Gasteiger partial charge in [-0.2, -0.15) is 18.3 Å². The van der Waals surface area contributed by atoms with Gasteiger partial charge in [-0.15, -0.1) is 0 Å². The highest BCUT2D eigenvalue weighted by Gasteiger charge is 2.40. The van der Waals surface area contributed by atoms with Crippen LogP contribution in [0.5, 0.6) is 0 Å². The summed E-state index contributed by atoms with van der Waals surface area (Å²) in [5.74, 6) is -0.892. The predicted octanol–water partition coefficient (Wildman–Crippen LogP) is 4.86. The molecule has 29 heavy (non-hydrogen) atoms. The number of hydrogen-bond acceptors (Lipinski definition) is 3. The van der Waals surface area contributed by atoms with Gasteiger partial charge in [-0.25, -0.2) is 4.68 Å². The topological polar surface area (TPSA) is 50.2 Å². The number of alkyl halides is 3. The van der Waals surface area contributed by atoms with Gasteiger partial charge in [-0.1, -0.05) is 35.9 Å². The molecule has 0 spiro atoms. The van der Waals surface area contributed by atoms with Crippen LogP contribution in [0, 0.1) is 0 Å². The lowest BCUT2D eigenvalue weighted by Gasteiger charge is -2.16. The van der Waals surface area contributed by atoms with Crippen LogP contribution >= 0.6 is 11.6 Å². The second kappa shape index (κ2) is 8.26. The lowest BCUT2D eigenvalue weighted by atomic mass is 10.1. The third-order valence-electron chi connectivity index (χ3n) is 4.09. The van der Waals surface area contributed by atoms with E-state index in [-0.39, 0.29) is 10.7 Å². The van der Waals surface area contributed by atoms with Crippen LogP contribution in [0.2, 0.25) is 5.02 Å². The van der Waals surface area contributed by atoms with E-state index in [9.17, 15) is 18.0 Å². The molecule has 0 fully saturated rings. The maximum Gasteiger partial charge on any atom is 0.434 e. The van der Waals surface area contributed by atoms with Crippen molar-refractivity contribution in [2.75, 3.05) is 19.4 Å². The van der Waals surface area contributed by atoms with Gasteiger partial charge in [-0.3, -0.25) is 4.79 Å². The van der Waals surface area contributed by atoms with Gasteiger partial charge >= 0.3 is 6.18 Å². The Balaban J connectivity index is 2.01. The van der Waals surface area contributed by atoms with E-state index in [1.54, 1.807) is 24.3 Å². The Labute approximate surface area is 170 Å². The first-order valence-corrected chi connectivity index (χ1v) is 9.00. The molecule has 0 saturated heterocycles. The van der Waals surface area contributed by atoms with Crippen molar-refractivity contribution in [3.05, 3.63) is 76.6 Å². The number of aromatic nitrogens is 2. The minimum Gasteiger partial charge on any atom is -0.322 e. The molecule has 3 rings (SSSR count). The van der Waals surface area contributed by atoms with E-state index in [4.69, 9.17) is 11.6 Å². The maximum absolute atomic E-state index is 13.8. The molecule has 1 amide bonds. The molecule has 0 aliphatic rings. The molecular formula is C20H18ClF3N4O. The fraction of sp³-hybridized carbons (Fsp3) is 0.200. The van der Waals surface area contributed by atoms with Crippen molar-refractivity contribution < 1.29 is 18.0 Å². The Morgan fingerprint density at radius 3 is 2.55 bits per heavy atom. The van der Waals surface area contributed by atoms with Gasteiger partial charge in [0, 0.05) is 17.3 Å². The first-order chi connectivity index (χ1) is 13.7. The SMILES string of the molecule is CN(C)Cc1ccccc1NC(=O)c1cnn(-c2cccc(Cl)c2)c1C(F)(F)F. The first-order valence-electron chi connectivity index (χ1n) is 8.62. The Morgan fingerprint density at radius 1 is 1.17 bits per heavy atom. The van der Waals surface area contributed by atoms with Gasteiger partial charge in [0.25, 0.3) is 5.91 Å². The van der Waals surface area contributed by atoms with Gasteiger partial charge in [0.15, 0.2) is 5.69 Å². The molecule has 0 unspecified atom stereocenters. The minimum absolute atomic E-state index is 0.108. The zero-order chi connectivity index (χ0) is 21.2. The maximum atomic E-state index is 13.8. The molecule has 0 bridgehead atoms. The number of amides is 1. The first kappa shape index (κ1) is 20.9. The molecular weight excluding hydrogens is 405 g/mol. The van der Waals surface area contributed by atoms with E-state index in [2.05, 4.69) is 10.4 Å². The van der Waals surface area contributed by atoms with Crippen LogP contribution in [0.15, 0.2) is 54.7 Å². The van der Waals surface area contributed by atoms with Crippen molar-refractivity contribution >= 4 is 23.2 Å². The number of nitrogens with zero attached hydrogens (tertiary/aromatic N) is 3. The summed E-state index contributed by atoms with van der Waals surface area (Å²) in [5.41, 5.74) is -0.409. The number of para-hydroxylation sites is 1. The molecule has 2 aromatic carbocycles. The normalized spacial score (nSPS) is 11.7. The van der Waals surface area contributed by atoms with Gasteiger partial charge < -0.3 is 10.2 Å². The Hall–Kier alpha value is -2.84. The van der Waals surface area contributed by atoms with Gasteiger partial charge in [0.2, 0.25) is 0 Å². The van der Waals surface area contributed by atoms with Crippen molar-refractivity contribution in [1.29, 1.82) is 0 Å². The second-order valence-corrected chi connectivity index (χ2v) is 7.08. The molecule has 0 radical (unpaired) electrons. The summed E-state index contributed by atoms with van der Waals surface area (Å²) in [6.45, 7) is 0.518. The predicted molar refractivity (Wildman–Crippen MR) is 105 cm³/mol. The minimum atomic E-state index is -4.80. The van der Waals surface area contributed by atoms with E-state index in [1.807, 2.05) is 19.0 Å². The lowest BCUT2D eigenvalue weighted by molar-refractivity contribution is -0.143. The smallest absolute Gasteiger partial charge is 0.322 e. The summed E-state index contributed by atoms with van der Waals surface area (Å²) in [4.78, 5) is 14.6. The standard InChI is InChI=1S/C20H18ClF3N4O/c1-27(2)12-13-6-3-4-9-17(13)26-19(29)16-11-25-28(18(16)20(22,23)24)15-8-5-7-14(21)10-15/h3-11H,12H2,1-2H3,(H,26,29). The third kappa shape index (κ3) is 4.78. The number of benzene rings is 2. The summed E-state index contributed by atoms with van der Waals surface area (Å²) in [6.07, 6.45) is -3.89. The molecule has 152 valence electrons. The number of carbonyl (C=O) groups is 1. The fourth-order valence-electron chi connectivity index (χ4n) is 2.90. The quantitative estimate of drug-likeness (QED) is 0.639. The van der Waals surface area contributed by atoms with Crippen LogP contribution in [-0.4, -0.2) is 34.7 Å². The number of anilines is 1. The third-order valence-corrected chi connectivity index (χ3v) is 4.32. The Kier molecular flexibility index (Phi) is 5.95. The van der Waals surface area contributed by atoms with Crippen LogP contribution in [0.1, 0.15) is 21.6 Å². The van der Waals surface area contributed by atoms with Crippen molar-refractivity contribution in [1.82, 2.24) is 14.7 Å². The Morgan fingerprint density at radius 2 is 1.90 bits per heavy atom. The molecule has 1 aromatic heterocycles. The van der Waals surface area contributed by atoms with E-state index in [1.165, 1.54) is 24.3 Å². The van der Waals surface area contributed by atoms with E-state index < -0.39 is 23.3 Å². The van der Waals surface area contributed by atoms with Crippen molar-refractivity contribution in [2.45, 2.75) is 12.7 Å². The highest BCUT2D eigenvalue weighted by molar-refractivity contribution is 6.30. The van der Waals surface area contributed by atoms with Crippen molar-refractivity contribution in [2.24, 2.45) is 0 Å². The molecule has 3 aromatic rings. The zero-order valence-corrected chi connectivity index (χ0v) is 16.4. The molecule has 0 atom stereocenters. The highest BCUT2D eigenvalue weighted by atomic mass is 35.5. The molecule has 1 N–H and O–H groups in total. The number of nitrogens with one attached hydrogen (secondary N) is 1. The van der Waals surface area contributed by atoms with Crippen LogP contribution in [0.4, 0.5) is 18.9 Å². The summed E-state index contributed by atoms with van der Waals surface area (Å²) >= 11 is 5.89. The van der Waals surface area contributed by atoms with Gasteiger partial charge in [-0.05, 0) is 43.9 Å². The molecule has 0 aliphatic carbocycles. The number of carbonyl (C=O) groups excluding carboxylic acids is 1.